The molecule has 0 aromatic carbocycles. The van der Waals surface area contributed by atoms with Gasteiger partial charge < -0.3 is 52.5 Å². The minimum Gasteiger partial charge on any atom is -0.684 e. The summed E-state index contributed by atoms with van der Waals surface area (Å²) in [7, 11) is 0. The van der Waals surface area contributed by atoms with Crippen molar-refractivity contribution in [3.8, 4) is 0 Å². The monoisotopic (exact) mass is 925 g/mol. The Bertz CT molecular complexity index is 2010. The van der Waals surface area contributed by atoms with E-state index in [1.807, 2.05) is 0 Å². The number of carboxylic acid groups (broad SMARTS) is 5. The smallest absolute Gasteiger partial charge is 0.304 e. The van der Waals surface area contributed by atoms with E-state index >= 15 is 0 Å². The van der Waals surface area contributed by atoms with E-state index in [1.165, 1.54) is 0 Å². The number of nitrogens with zero attached hydrogens (tertiary/aromatic N) is 4. The molecule has 350 valence electrons. The van der Waals surface area contributed by atoms with E-state index in [4.69, 9.17) is 21.7 Å². The number of primary amides is 1. The molecular weight excluding hydrogens is 871 g/mol. The molecule has 14 atom stereocenters. The third kappa shape index (κ3) is 8.57. The first-order chi connectivity index (χ1) is 29.1. The Hall–Kier alpha value is -4.59. The van der Waals surface area contributed by atoms with Gasteiger partial charge in [-0.25, -0.2) is 0 Å². The first kappa shape index (κ1) is 47.9. The van der Waals surface area contributed by atoms with Crippen molar-refractivity contribution >= 4 is 47.4 Å². The Morgan fingerprint density at radius 3 is 2.08 bits per heavy atom. The largest absolute Gasteiger partial charge is 0.684 e. The van der Waals surface area contributed by atoms with Crippen LogP contribution in [-0.2, 0) is 54.8 Å². The third-order valence-corrected chi connectivity index (χ3v) is 15.6. The number of allylic oxidation sites excluding steroid dienone is 2. The molecule has 21 heteroatoms. The number of hydrogen-bond acceptors (Lipinski definition) is 10. The van der Waals surface area contributed by atoms with Crippen LogP contribution in [0.15, 0.2) is 23.0 Å². The average Bonchev–Trinajstić information content (AvgIpc) is 3.82. The zero-order valence-electron chi connectivity index (χ0n) is 35.0. The van der Waals surface area contributed by atoms with Crippen molar-refractivity contribution in [1.82, 2.24) is 10.4 Å². The number of carbonyl (C=O) groups is 8. The molecule has 20 nitrogen and oxygen atoms in total. The first-order valence-corrected chi connectivity index (χ1v) is 21.4. The molecule has 0 aromatic rings. The number of fused-ring (bicyclic) bond motifs is 7. The van der Waals surface area contributed by atoms with Crippen LogP contribution >= 0.6 is 0 Å². The number of nitrogens with two attached hydrogens (primary N) is 1. The van der Waals surface area contributed by atoms with Gasteiger partial charge in [0.2, 0.25) is 11.8 Å². The van der Waals surface area contributed by atoms with Gasteiger partial charge in [-0.15, -0.1) is 24.2 Å². The van der Waals surface area contributed by atoms with E-state index in [1.54, 1.807) is 19.9 Å². The topological polar surface area (TPSA) is 342 Å². The van der Waals surface area contributed by atoms with Crippen molar-refractivity contribution in [2.24, 2.45) is 52.1 Å². The number of rotatable bonds is 15. The van der Waals surface area contributed by atoms with Crippen molar-refractivity contribution in [2.45, 2.75) is 140 Å². The fraction of sp³-hybridized carbons (Fsp3) is 0.714. The van der Waals surface area contributed by atoms with E-state index in [0.29, 0.717) is 0 Å². The number of hydroxylamine groups is 2. The Kier molecular flexibility index (Phi) is 13.5. The van der Waals surface area contributed by atoms with Crippen LogP contribution in [0.4, 0.5) is 0 Å². The van der Waals surface area contributed by atoms with Gasteiger partial charge in [0.1, 0.15) is 0 Å². The molecule has 63 heavy (non-hydrogen) atoms. The van der Waals surface area contributed by atoms with Crippen molar-refractivity contribution in [1.29, 1.82) is 0 Å². The zero-order valence-corrected chi connectivity index (χ0v) is 35.9. The fourth-order valence-corrected chi connectivity index (χ4v) is 13.0. The third-order valence-electron chi connectivity index (χ3n) is 15.6. The molecule has 9 N–H and O–H groups in total. The summed E-state index contributed by atoms with van der Waals surface area (Å²) in [6.45, 7) is 3.60. The maximum Gasteiger partial charge on any atom is 0.304 e. The van der Waals surface area contributed by atoms with Crippen LogP contribution in [0.5, 0.6) is 0 Å². The molecule has 7 rings (SSSR count). The molecule has 5 fully saturated rings. The molecule has 7 aliphatic rings. The van der Waals surface area contributed by atoms with Crippen molar-refractivity contribution in [3.05, 3.63) is 39.0 Å². The molecule has 0 radical (unpaired) electrons. The summed E-state index contributed by atoms with van der Waals surface area (Å²) >= 11 is 0. The number of ketones is 1. The molecule has 0 aromatic heterocycles. The molecule has 0 saturated carbocycles. The number of carboxylic acids is 5. The normalized spacial score (nSPS) is 39.7. The molecular formula is C42H55N6NiO14-3. The van der Waals surface area contributed by atoms with Crippen LogP contribution in [0.1, 0.15) is 104 Å². The Morgan fingerprint density at radius 2 is 1.48 bits per heavy atom. The molecule has 1 spiro atoms. The van der Waals surface area contributed by atoms with Crippen LogP contribution in [0.3, 0.4) is 0 Å². The van der Waals surface area contributed by atoms with Gasteiger partial charge >= 0.3 is 29.8 Å². The van der Waals surface area contributed by atoms with Crippen LogP contribution in [0.25, 0.3) is 16.0 Å². The predicted octanol–water partition coefficient (Wildman–Crippen LogP) is 3.33. The molecule has 8 bridgehead atoms. The summed E-state index contributed by atoms with van der Waals surface area (Å²) in [6, 6.07) is -4.64. The molecule has 3 unspecified atom stereocenters. The quantitative estimate of drug-likeness (QED) is 0.109. The SMILES string of the molecule is C[C@@]12CC(=O)N[C@@]13C[C@@H]1[N-]C(C[C@H]4[N-]C5=C(C(=O)CC[C@H]5[C@@H]4CC(=O)O)C4[C@@H](CCC(=O)O)[C@H](CC(=O)O)/C(=C/C([N-]3)[C@H]2CCC(=O)O)N4O)[C@@](C)(CC(N)=O)[C@@H]1CCC(=O)O.[Ni]. The summed E-state index contributed by atoms with van der Waals surface area (Å²) in [5.41, 5.74) is 2.51. The van der Waals surface area contributed by atoms with Gasteiger partial charge in [0.05, 0.1) is 12.5 Å². The fourth-order valence-electron chi connectivity index (χ4n) is 13.0. The van der Waals surface area contributed by atoms with Gasteiger partial charge in [-0.05, 0) is 65.8 Å². The Labute approximate surface area is 373 Å². The van der Waals surface area contributed by atoms with Gasteiger partial charge in [-0.2, -0.15) is 5.70 Å². The summed E-state index contributed by atoms with van der Waals surface area (Å²) in [5, 5.41) is 82.2. The average molecular weight is 927 g/mol. The van der Waals surface area contributed by atoms with Gasteiger partial charge in [0.15, 0.2) is 5.78 Å². The minimum absolute atomic E-state index is 0. The van der Waals surface area contributed by atoms with Crippen LogP contribution < -0.4 is 11.1 Å². The van der Waals surface area contributed by atoms with E-state index < -0.39 is 137 Å². The van der Waals surface area contributed by atoms with Crippen molar-refractivity contribution in [3.63, 3.8) is 0 Å². The predicted molar refractivity (Wildman–Crippen MR) is 213 cm³/mol. The van der Waals surface area contributed by atoms with Gasteiger partial charge in [0.25, 0.3) is 0 Å². The minimum atomic E-state index is -1.47. The summed E-state index contributed by atoms with van der Waals surface area (Å²) in [6.07, 6.45) is -0.785. The first-order valence-electron chi connectivity index (χ1n) is 21.4. The number of hydrogen-bond donors (Lipinski definition) is 8. The van der Waals surface area contributed by atoms with Crippen LogP contribution in [0.2, 0.25) is 0 Å². The molecule has 1 aliphatic carbocycles. The number of Topliss-reactive ketones (excluding diaryl/α,β-unsaturated/α-hetero) is 1. The van der Waals surface area contributed by atoms with Gasteiger partial charge in [-0.3, -0.25) is 48.6 Å². The molecule has 6 aliphatic heterocycles. The summed E-state index contributed by atoms with van der Waals surface area (Å²) in [5.74, 6) is -12.1. The maximum absolute atomic E-state index is 14.3. The molecule has 5 saturated heterocycles. The van der Waals surface area contributed by atoms with Gasteiger partial charge in [-0.1, -0.05) is 38.7 Å². The second-order valence-corrected chi connectivity index (χ2v) is 19.0. The van der Waals surface area contributed by atoms with Crippen molar-refractivity contribution in [2.75, 3.05) is 0 Å². The standard InChI is InChI=1S/C42H56N6O14.Ni/c1-40(16-30(43)50)22(5-9-33(54)55)26-15-42-41(2,17-31(51)47-42)23(6-10-34(56)57)25(46-42)13-27-21(12-36(60)61)19(4-8-32(52)53)39(48(27)62)37-28(49)7-3-18-20(11-35(58)59)24(45-38(18)37)14-29(40)44-26;/h13,18-26,29,39,62H,3-12,14-17H2,1-2H3,(H9,43,45,47,49,50,51,52,53,54,55,56,57,58,59,60,61);/q-2;/p-1/b27-13-;/t18-,19-,20-,21-,22+,23+,24+,25?,26-,29?,39?,40-,41-,42-;/m0./s1. The zero-order chi connectivity index (χ0) is 45.2. The van der Waals surface area contributed by atoms with Crippen molar-refractivity contribution < 1.29 is 85.6 Å². The maximum atomic E-state index is 14.3. The summed E-state index contributed by atoms with van der Waals surface area (Å²) in [4.78, 5) is 102. The Balaban J connectivity index is 0.00000661. The van der Waals surface area contributed by atoms with Crippen LogP contribution in [0, 0.1) is 46.3 Å². The molecule has 2 amide bonds. The molecule has 6 heterocycles. The number of carbonyl (C=O) groups excluding carboxylic acids is 3. The van der Waals surface area contributed by atoms with E-state index in [-0.39, 0.29) is 116 Å². The van der Waals surface area contributed by atoms with E-state index in [0.717, 1.165) is 5.06 Å². The Morgan fingerprint density at radius 1 is 0.857 bits per heavy atom. The van der Waals surface area contributed by atoms with E-state index in [2.05, 4.69) is 5.32 Å². The van der Waals surface area contributed by atoms with E-state index in [9.17, 15) is 69.1 Å². The number of aliphatic carboxylic acids is 5. The second-order valence-electron chi connectivity index (χ2n) is 19.0. The number of nitrogens with one attached hydrogen (secondary N) is 1. The second kappa shape index (κ2) is 17.8. The van der Waals surface area contributed by atoms with Gasteiger partial charge in [0, 0.05) is 78.6 Å². The van der Waals surface area contributed by atoms with Crippen LogP contribution in [-0.4, -0.2) is 119 Å². The number of amides is 2. The summed E-state index contributed by atoms with van der Waals surface area (Å²) < 4.78 is 0.